The van der Waals surface area contributed by atoms with Crippen LogP contribution in [0.2, 0.25) is 5.02 Å². The number of nitrogens with zero attached hydrogens (tertiary/aromatic N) is 2. The zero-order valence-corrected chi connectivity index (χ0v) is 17.2. The van der Waals surface area contributed by atoms with Crippen LogP contribution < -0.4 is 0 Å². The summed E-state index contributed by atoms with van der Waals surface area (Å²) in [4.78, 5) is 17.5. The van der Waals surface area contributed by atoms with E-state index in [0.29, 0.717) is 35.2 Å². The highest BCUT2D eigenvalue weighted by atomic mass is 35.5. The number of rotatable bonds is 2. The van der Waals surface area contributed by atoms with Gasteiger partial charge in [0.2, 0.25) is 0 Å². The Hall–Kier alpha value is -1.82. The summed E-state index contributed by atoms with van der Waals surface area (Å²) in [6, 6.07) is 9.26. The highest BCUT2D eigenvalue weighted by Crippen LogP contribution is 2.39. The zero-order chi connectivity index (χ0) is 19.9. The Morgan fingerprint density at radius 1 is 1.29 bits per heavy atom. The summed E-state index contributed by atoms with van der Waals surface area (Å²) >= 11 is 6.29. The Bertz CT molecular complexity index is 880. The average molecular weight is 403 g/mol. The van der Waals surface area contributed by atoms with Gasteiger partial charge < -0.3 is 19.3 Å². The van der Waals surface area contributed by atoms with Crippen molar-refractivity contribution in [1.29, 1.82) is 0 Å². The molecule has 2 aromatic rings. The predicted molar refractivity (Wildman–Crippen MR) is 110 cm³/mol. The van der Waals surface area contributed by atoms with Crippen LogP contribution in [-0.2, 0) is 0 Å². The fraction of sp³-hybridized carbons (Fsp3) is 0.500. The number of aliphatic hydroxyl groups is 1. The van der Waals surface area contributed by atoms with Crippen molar-refractivity contribution in [2.24, 2.45) is 5.41 Å². The monoisotopic (exact) mass is 402 g/mol. The van der Waals surface area contributed by atoms with Gasteiger partial charge >= 0.3 is 0 Å². The lowest BCUT2D eigenvalue weighted by atomic mass is 9.71. The minimum Gasteiger partial charge on any atom is -0.460 e. The van der Waals surface area contributed by atoms with Gasteiger partial charge in [0, 0.05) is 37.2 Å². The summed E-state index contributed by atoms with van der Waals surface area (Å²) < 4.78 is 5.88. The molecule has 2 atom stereocenters. The smallest absolute Gasteiger partial charge is 0.257 e. The maximum absolute atomic E-state index is 13.3. The van der Waals surface area contributed by atoms with Gasteiger partial charge in [-0.3, -0.25) is 4.79 Å². The van der Waals surface area contributed by atoms with E-state index >= 15 is 0 Å². The van der Waals surface area contributed by atoms with Gasteiger partial charge in [-0.05, 0) is 51.4 Å². The highest BCUT2D eigenvalue weighted by Gasteiger charge is 2.45. The molecule has 2 aliphatic rings. The Morgan fingerprint density at radius 3 is 2.86 bits per heavy atom. The predicted octanol–water partition coefficient (Wildman–Crippen LogP) is 3.83. The van der Waals surface area contributed by atoms with Crippen LogP contribution >= 0.6 is 11.6 Å². The first kappa shape index (κ1) is 19.5. The number of aryl methyl sites for hydroxylation is 1. The maximum Gasteiger partial charge on any atom is 0.257 e. The number of piperidine rings is 2. The van der Waals surface area contributed by atoms with Crippen molar-refractivity contribution < 1.29 is 14.3 Å². The number of hydrogen-bond donors (Lipinski definition) is 1. The molecule has 150 valence electrons. The lowest BCUT2D eigenvalue weighted by Crippen LogP contribution is -2.59. The fourth-order valence-electron chi connectivity index (χ4n) is 4.76. The molecule has 1 N–H and O–H groups in total. The van der Waals surface area contributed by atoms with E-state index in [4.69, 9.17) is 16.0 Å². The van der Waals surface area contributed by atoms with E-state index in [1.165, 1.54) is 0 Å². The SMILES string of the molecule is Cc1oc(-c2ccccc2Cl)cc1C(=O)N1CCC[C@]2(CN(C)CC[C@@H]2O)C1. The molecular formula is C22H27ClN2O3. The van der Waals surface area contributed by atoms with E-state index in [9.17, 15) is 9.90 Å². The van der Waals surface area contributed by atoms with Crippen molar-refractivity contribution in [3.63, 3.8) is 0 Å². The molecule has 1 amide bonds. The van der Waals surface area contributed by atoms with Gasteiger partial charge in [-0.1, -0.05) is 23.7 Å². The first-order valence-corrected chi connectivity index (χ1v) is 10.3. The molecule has 1 aromatic heterocycles. The molecular weight excluding hydrogens is 376 g/mol. The quantitative estimate of drug-likeness (QED) is 0.829. The van der Waals surface area contributed by atoms with Crippen LogP contribution in [0.4, 0.5) is 0 Å². The summed E-state index contributed by atoms with van der Waals surface area (Å²) in [5.74, 6) is 1.18. The average Bonchev–Trinajstić information content (AvgIpc) is 3.06. The van der Waals surface area contributed by atoms with E-state index in [1.54, 1.807) is 6.07 Å². The third-order valence-corrected chi connectivity index (χ3v) is 6.59. The number of likely N-dealkylation sites (tertiary alicyclic amines) is 2. The van der Waals surface area contributed by atoms with Crippen LogP contribution in [0, 0.1) is 12.3 Å². The van der Waals surface area contributed by atoms with Crippen molar-refractivity contribution >= 4 is 17.5 Å². The van der Waals surface area contributed by atoms with Gasteiger partial charge in [-0.2, -0.15) is 0 Å². The van der Waals surface area contributed by atoms with Gasteiger partial charge in [0.05, 0.1) is 16.7 Å². The Morgan fingerprint density at radius 2 is 2.07 bits per heavy atom. The van der Waals surface area contributed by atoms with E-state index < -0.39 is 0 Å². The highest BCUT2D eigenvalue weighted by molar-refractivity contribution is 6.33. The minimum absolute atomic E-state index is 0.0287. The molecule has 0 radical (unpaired) electrons. The second-order valence-corrected chi connectivity index (χ2v) is 8.70. The normalized spacial score (nSPS) is 26.0. The number of halogens is 1. The van der Waals surface area contributed by atoms with Gasteiger partial charge in [-0.15, -0.1) is 0 Å². The van der Waals surface area contributed by atoms with Crippen LogP contribution in [0.25, 0.3) is 11.3 Å². The molecule has 0 aliphatic carbocycles. The summed E-state index contributed by atoms with van der Waals surface area (Å²) in [5, 5.41) is 11.3. The van der Waals surface area contributed by atoms with Crippen LogP contribution in [0.5, 0.6) is 0 Å². The van der Waals surface area contributed by atoms with Crippen molar-refractivity contribution in [2.45, 2.75) is 32.3 Å². The molecule has 28 heavy (non-hydrogen) atoms. The summed E-state index contributed by atoms with van der Waals surface area (Å²) in [6.07, 6.45) is 2.27. The largest absolute Gasteiger partial charge is 0.460 e. The molecule has 2 aliphatic heterocycles. The van der Waals surface area contributed by atoms with Gasteiger partial charge in [-0.25, -0.2) is 0 Å². The number of carbonyl (C=O) groups is 1. The molecule has 1 spiro atoms. The molecule has 2 saturated heterocycles. The van der Waals surface area contributed by atoms with Gasteiger partial charge in [0.15, 0.2) is 0 Å². The third-order valence-electron chi connectivity index (χ3n) is 6.26. The molecule has 6 heteroatoms. The number of furan rings is 1. The van der Waals surface area contributed by atoms with Crippen molar-refractivity contribution in [1.82, 2.24) is 9.80 Å². The molecule has 5 nitrogen and oxygen atoms in total. The Kier molecular flexibility index (Phi) is 5.25. The summed E-state index contributed by atoms with van der Waals surface area (Å²) in [7, 11) is 2.09. The van der Waals surface area contributed by atoms with Gasteiger partial charge in [0.1, 0.15) is 11.5 Å². The first-order chi connectivity index (χ1) is 13.4. The molecule has 0 bridgehead atoms. The van der Waals surface area contributed by atoms with E-state index in [0.717, 1.165) is 37.9 Å². The second kappa shape index (κ2) is 7.54. The first-order valence-electron chi connectivity index (χ1n) is 9.91. The fourth-order valence-corrected chi connectivity index (χ4v) is 4.99. The topological polar surface area (TPSA) is 56.9 Å². The lowest BCUT2D eigenvalue weighted by molar-refractivity contribution is -0.0731. The minimum atomic E-state index is -0.358. The second-order valence-electron chi connectivity index (χ2n) is 8.30. The molecule has 0 unspecified atom stereocenters. The van der Waals surface area contributed by atoms with Crippen LogP contribution in [0.3, 0.4) is 0 Å². The van der Waals surface area contributed by atoms with Crippen LogP contribution in [0.15, 0.2) is 34.7 Å². The van der Waals surface area contributed by atoms with E-state index in [2.05, 4.69) is 11.9 Å². The van der Waals surface area contributed by atoms with Crippen molar-refractivity contribution in [3.8, 4) is 11.3 Å². The maximum atomic E-state index is 13.3. The summed E-state index contributed by atoms with van der Waals surface area (Å²) in [5.41, 5.74) is 1.13. The molecule has 3 heterocycles. The van der Waals surface area contributed by atoms with E-state index in [1.807, 2.05) is 36.1 Å². The number of benzene rings is 1. The zero-order valence-electron chi connectivity index (χ0n) is 16.4. The number of aliphatic hydroxyl groups excluding tert-OH is 1. The van der Waals surface area contributed by atoms with Gasteiger partial charge in [0.25, 0.3) is 5.91 Å². The summed E-state index contributed by atoms with van der Waals surface area (Å²) in [6.45, 7) is 4.84. The number of amides is 1. The van der Waals surface area contributed by atoms with E-state index in [-0.39, 0.29) is 17.4 Å². The van der Waals surface area contributed by atoms with Crippen LogP contribution in [0.1, 0.15) is 35.4 Å². The standard InChI is InChI=1S/C22H27ClN2O3/c1-15-17(12-19(28-15)16-6-3-4-7-18(16)23)21(27)25-10-5-9-22(14-25)13-24(2)11-8-20(22)26/h3-4,6-7,12,20,26H,5,8-11,13-14H2,1-2H3/t20-,22-/m0/s1. The number of hydrogen-bond acceptors (Lipinski definition) is 4. The van der Waals surface area contributed by atoms with Crippen LogP contribution in [-0.4, -0.2) is 60.1 Å². The Labute approximate surface area is 170 Å². The number of carbonyl (C=O) groups excluding carboxylic acids is 1. The molecule has 2 fully saturated rings. The third kappa shape index (κ3) is 3.47. The lowest BCUT2D eigenvalue weighted by Gasteiger charge is -2.50. The van der Waals surface area contributed by atoms with Crippen molar-refractivity contribution in [2.75, 3.05) is 33.2 Å². The Balaban J connectivity index is 1.59. The van der Waals surface area contributed by atoms with Crippen molar-refractivity contribution in [3.05, 3.63) is 46.7 Å². The molecule has 1 aromatic carbocycles. The molecule has 4 rings (SSSR count). The molecule has 0 saturated carbocycles.